The number of hydrogen-bond acceptors (Lipinski definition) is 3. The second-order valence-electron chi connectivity index (χ2n) is 6.77. The molecule has 1 aromatic heterocycles. The Hall–Kier alpha value is -0.860. The van der Waals surface area contributed by atoms with Crippen LogP contribution in [0.4, 0.5) is 0 Å². The van der Waals surface area contributed by atoms with Gasteiger partial charge < -0.3 is 14.8 Å². The van der Waals surface area contributed by atoms with Gasteiger partial charge in [-0.3, -0.25) is 4.99 Å². The van der Waals surface area contributed by atoms with Gasteiger partial charge in [0.05, 0.1) is 0 Å². The molecule has 1 aliphatic carbocycles. The van der Waals surface area contributed by atoms with Crippen LogP contribution in [0, 0.1) is 11.8 Å². The van der Waals surface area contributed by atoms with Crippen molar-refractivity contribution < 1.29 is 0 Å². The fourth-order valence-electron chi connectivity index (χ4n) is 3.40. The quantitative estimate of drug-likeness (QED) is 0.413. The fourth-order valence-corrected chi connectivity index (χ4v) is 3.40. The van der Waals surface area contributed by atoms with Crippen molar-refractivity contribution in [2.45, 2.75) is 52.5 Å². The lowest BCUT2D eigenvalue weighted by atomic mass is 9.83. The highest BCUT2D eigenvalue weighted by Crippen LogP contribution is 2.28. The third kappa shape index (κ3) is 6.22. The Kier molecular flexibility index (Phi) is 9.61. The molecule has 0 bridgehead atoms. The summed E-state index contributed by atoms with van der Waals surface area (Å²) < 4.78 is 2.10. The molecular formula is C17H33IN6. The van der Waals surface area contributed by atoms with Crippen LogP contribution < -0.4 is 5.32 Å². The molecule has 1 saturated carbocycles. The lowest BCUT2D eigenvalue weighted by Gasteiger charge is -2.31. The molecule has 1 aliphatic rings. The van der Waals surface area contributed by atoms with Crippen molar-refractivity contribution in [1.82, 2.24) is 25.0 Å². The van der Waals surface area contributed by atoms with Gasteiger partial charge in [0.15, 0.2) is 5.96 Å². The molecule has 7 heteroatoms. The number of hydrogen-bond donors (Lipinski definition) is 1. The summed E-state index contributed by atoms with van der Waals surface area (Å²) >= 11 is 0. The zero-order valence-electron chi connectivity index (χ0n) is 15.5. The highest BCUT2D eigenvalue weighted by atomic mass is 127. The molecule has 0 spiro atoms. The van der Waals surface area contributed by atoms with E-state index in [0.29, 0.717) is 0 Å². The summed E-state index contributed by atoms with van der Waals surface area (Å²) in [6, 6.07) is 0. The zero-order valence-corrected chi connectivity index (χ0v) is 17.9. The van der Waals surface area contributed by atoms with Crippen molar-refractivity contribution >= 4 is 29.9 Å². The molecule has 0 radical (unpaired) electrons. The molecule has 1 aromatic rings. The minimum atomic E-state index is 0. The predicted molar refractivity (Wildman–Crippen MR) is 110 cm³/mol. The third-order valence-electron chi connectivity index (χ3n) is 4.89. The van der Waals surface area contributed by atoms with Crippen molar-refractivity contribution in [3.8, 4) is 0 Å². The number of guanidine groups is 1. The van der Waals surface area contributed by atoms with Crippen molar-refractivity contribution in [3.63, 3.8) is 0 Å². The van der Waals surface area contributed by atoms with E-state index in [2.05, 4.69) is 50.9 Å². The predicted octanol–water partition coefficient (Wildman–Crippen LogP) is 2.79. The Balaban J connectivity index is 0.00000288. The van der Waals surface area contributed by atoms with Crippen LogP contribution in [0.1, 0.15) is 45.4 Å². The molecule has 24 heavy (non-hydrogen) atoms. The van der Waals surface area contributed by atoms with Gasteiger partial charge in [-0.05, 0) is 24.7 Å². The molecule has 0 unspecified atom stereocenters. The van der Waals surface area contributed by atoms with Crippen molar-refractivity contribution in [3.05, 3.63) is 12.2 Å². The molecule has 1 heterocycles. The molecule has 1 fully saturated rings. The van der Waals surface area contributed by atoms with E-state index in [9.17, 15) is 0 Å². The van der Waals surface area contributed by atoms with Crippen LogP contribution in [-0.2, 0) is 13.0 Å². The number of nitrogens with zero attached hydrogens (tertiary/aromatic N) is 5. The van der Waals surface area contributed by atoms with E-state index in [1.54, 1.807) is 6.33 Å². The maximum Gasteiger partial charge on any atom is 0.193 e. The Morgan fingerprint density at radius 1 is 1.38 bits per heavy atom. The van der Waals surface area contributed by atoms with E-state index in [0.717, 1.165) is 49.7 Å². The van der Waals surface area contributed by atoms with Crippen LogP contribution in [0.2, 0.25) is 0 Å². The first-order chi connectivity index (χ1) is 11.1. The van der Waals surface area contributed by atoms with Gasteiger partial charge in [-0.25, -0.2) is 0 Å². The van der Waals surface area contributed by atoms with Crippen LogP contribution in [-0.4, -0.2) is 52.8 Å². The zero-order chi connectivity index (χ0) is 16.7. The molecule has 2 rings (SSSR count). The molecule has 1 N–H and O–H groups in total. The Morgan fingerprint density at radius 3 is 2.71 bits per heavy atom. The Bertz CT molecular complexity index is 493. The summed E-state index contributed by atoms with van der Waals surface area (Å²) in [5.74, 6) is 3.73. The number of aliphatic imine (C=N–C) groups is 1. The van der Waals surface area contributed by atoms with Crippen LogP contribution in [0.3, 0.4) is 0 Å². The summed E-state index contributed by atoms with van der Waals surface area (Å²) in [6.07, 6.45) is 8.16. The minimum Gasteiger partial charge on any atom is -0.354 e. The van der Waals surface area contributed by atoms with E-state index in [4.69, 9.17) is 0 Å². The first kappa shape index (κ1) is 21.2. The van der Waals surface area contributed by atoms with Gasteiger partial charge in [0, 0.05) is 40.2 Å². The van der Waals surface area contributed by atoms with Crippen LogP contribution >= 0.6 is 24.0 Å². The maximum absolute atomic E-state index is 4.42. The topological polar surface area (TPSA) is 58.3 Å². The van der Waals surface area contributed by atoms with Crippen molar-refractivity contribution in [2.75, 3.05) is 27.2 Å². The van der Waals surface area contributed by atoms with Crippen molar-refractivity contribution in [2.24, 2.45) is 16.8 Å². The average molecular weight is 448 g/mol. The van der Waals surface area contributed by atoms with Gasteiger partial charge in [0.25, 0.3) is 0 Å². The smallest absolute Gasteiger partial charge is 0.193 e. The normalized spacial score (nSPS) is 21.2. The number of halogens is 1. The average Bonchev–Trinajstić information content (AvgIpc) is 3.01. The van der Waals surface area contributed by atoms with Gasteiger partial charge in [-0.15, -0.1) is 34.2 Å². The summed E-state index contributed by atoms with van der Waals surface area (Å²) in [5, 5.41) is 11.5. The van der Waals surface area contributed by atoms with Crippen molar-refractivity contribution in [1.29, 1.82) is 0 Å². The minimum absolute atomic E-state index is 0. The third-order valence-corrected chi connectivity index (χ3v) is 4.89. The Labute approximate surface area is 163 Å². The molecular weight excluding hydrogens is 415 g/mol. The first-order valence-electron chi connectivity index (χ1n) is 8.92. The van der Waals surface area contributed by atoms with Gasteiger partial charge in [-0.2, -0.15) is 0 Å². The van der Waals surface area contributed by atoms with Crippen LogP contribution in [0.25, 0.3) is 0 Å². The van der Waals surface area contributed by atoms with Gasteiger partial charge in [0.1, 0.15) is 12.2 Å². The van der Waals surface area contributed by atoms with E-state index >= 15 is 0 Å². The molecule has 0 saturated heterocycles. The number of aromatic nitrogens is 3. The van der Waals surface area contributed by atoms with Gasteiger partial charge in [0.2, 0.25) is 0 Å². The summed E-state index contributed by atoms with van der Waals surface area (Å²) in [4.78, 5) is 6.69. The standard InChI is InChI=1S/C17H32N6.HI/c1-5-16-21-20-13-23(16)11-10-19-17(18-3)22(4)12-15-8-6-14(2)7-9-15;/h13-15H,5-12H2,1-4H3,(H,18,19);1H. The summed E-state index contributed by atoms with van der Waals surface area (Å²) in [5.41, 5.74) is 0. The molecule has 6 nitrogen and oxygen atoms in total. The number of aryl methyl sites for hydroxylation is 1. The molecule has 0 aliphatic heterocycles. The molecule has 0 amide bonds. The summed E-state index contributed by atoms with van der Waals surface area (Å²) in [7, 11) is 4.00. The summed E-state index contributed by atoms with van der Waals surface area (Å²) in [6.45, 7) is 7.27. The second-order valence-corrected chi connectivity index (χ2v) is 6.77. The monoisotopic (exact) mass is 448 g/mol. The lowest BCUT2D eigenvalue weighted by molar-refractivity contribution is 0.250. The van der Waals surface area contributed by atoms with E-state index < -0.39 is 0 Å². The number of rotatable bonds is 6. The largest absolute Gasteiger partial charge is 0.354 e. The van der Waals surface area contributed by atoms with Crippen LogP contribution in [0.15, 0.2) is 11.3 Å². The highest BCUT2D eigenvalue weighted by Gasteiger charge is 2.20. The maximum atomic E-state index is 4.42. The second kappa shape index (κ2) is 10.9. The van der Waals surface area contributed by atoms with Gasteiger partial charge >= 0.3 is 0 Å². The Morgan fingerprint density at radius 2 is 2.08 bits per heavy atom. The van der Waals surface area contributed by atoms with E-state index in [1.807, 2.05) is 7.05 Å². The molecule has 0 aromatic carbocycles. The van der Waals surface area contributed by atoms with E-state index in [1.165, 1.54) is 25.7 Å². The molecule has 138 valence electrons. The first-order valence-corrected chi connectivity index (χ1v) is 8.92. The number of nitrogens with one attached hydrogen (secondary N) is 1. The fraction of sp³-hybridized carbons (Fsp3) is 0.824. The SMILES string of the molecule is CCc1nncn1CCNC(=NC)N(C)CC1CCC(C)CC1.I. The van der Waals surface area contributed by atoms with Crippen LogP contribution in [0.5, 0.6) is 0 Å². The van der Waals surface area contributed by atoms with Gasteiger partial charge in [-0.1, -0.05) is 26.7 Å². The molecule has 0 atom stereocenters. The lowest BCUT2D eigenvalue weighted by Crippen LogP contribution is -2.42. The van der Waals surface area contributed by atoms with E-state index in [-0.39, 0.29) is 24.0 Å². The highest BCUT2D eigenvalue weighted by molar-refractivity contribution is 14.0.